The Hall–Kier alpha value is -4.38. The van der Waals surface area contributed by atoms with Gasteiger partial charge in [0.2, 0.25) is 11.2 Å². The number of nitriles is 1. The maximum Gasteiger partial charge on any atom is 0.338 e. The van der Waals surface area contributed by atoms with Crippen molar-refractivity contribution in [3.8, 4) is 34.4 Å². The molecule has 8 nitrogen and oxygen atoms in total. The third kappa shape index (κ3) is 2.89. The fraction of sp³-hybridized carbons (Fsp3) is 0.0909. The molecule has 0 amide bonds. The Morgan fingerprint density at radius 1 is 1.17 bits per heavy atom. The molecule has 0 radical (unpaired) electrons. The molecule has 2 N–H and O–H groups in total. The Bertz CT molecular complexity index is 1380. The Morgan fingerprint density at radius 2 is 1.87 bits per heavy atom. The normalized spacial score (nSPS) is 10.8. The summed E-state index contributed by atoms with van der Waals surface area (Å²) in [6.45, 7) is 0. The van der Waals surface area contributed by atoms with Crippen LogP contribution >= 0.6 is 0 Å². The van der Waals surface area contributed by atoms with E-state index < -0.39 is 17.1 Å². The first-order chi connectivity index (χ1) is 14.3. The van der Waals surface area contributed by atoms with Crippen molar-refractivity contribution in [2.24, 2.45) is 0 Å². The van der Waals surface area contributed by atoms with Crippen LogP contribution in [0.3, 0.4) is 0 Å². The highest BCUT2D eigenvalue weighted by Crippen LogP contribution is 2.38. The largest absolute Gasteiger partial charge is 0.501 e. The van der Waals surface area contributed by atoms with Gasteiger partial charge in [-0.3, -0.25) is 4.79 Å². The van der Waals surface area contributed by atoms with Crippen LogP contribution in [0.5, 0.6) is 5.75 Å². The molecule has 1 heterocycles. The molecule has 0 aromatic heterocycles. The second-order valence-corrected chi connectivity index (χ2v) is 6.86. The van der Waals surface area contributed by atoms with Gasteiger partial charge < -0.3 is 19.5 Å². The van der Waals surface area contributed by atoms with Gasteiger partial charge in [0.15, 0.2) is 11.3 Å². The number of phenols is 1. The lowest BCUT2D eigenvalue weighted by atomic mass is 9.94. The molecule has 0 fully saturated rings. The summed E-state index contributed by atoms with van der Waals surface area (Å²) in [6.07, 6.45) is 0. The highest BCUT2D eigenvalue weighted by molar-refractivity contribution is 6.04. The molecule has 0 unspecified atom stereocenters. The summed E-state index contributed by atoms with van der Waals surface area (Å²) in [4.78, 5) is 31.2. The minimum absolute atomic E-state index is 0.135. The summed E-state index contributed by atoms with van der Waals surface area (Å²) in [5.74, 6) is -2.40. The van der Waals surface area contributed by atoms with Crippen LogP contribution in [0.2, 0.25) is 0 Å². The van der Waals surface area contributed by atoms with Crippen LogP contribution in [0, 0.1) is 11.3 Å². The third-order valence-electron chi connectivity index (χ3n) is 4.78. The number of carbonyl (C=O) groups is 1. The molecule has 1 aliphatic heterocycles. The van der Waals surface area contributed by atoms with Crippen molar-refractivity contribution in [2.75, 3.05) is 19.0 Å². The zero-order chi connectivity index (χ0) is 21.6. The van der Waals surface area contributed by atoms with Gasteiger partial charge in [-0.05, 0) is 29.8 Å². The van der Waals surface area contributed by atoms with Crippen molar-refractivity contribution in [3.05, 3.63) is 63.8 Å². The Kier molecular flexibility index (Phi) is 4.36. The van der Waals surface area contributed by atoms with E-state index in [0.717, 1.165) is 5.69 Å². The number of rotatable bonds is 3. The quantitative estimate of drug-likeness (QED) is 0.501. The van der Waals surface area contributed by atoms with Gasteiger partial charge in [-0.15, -0.1) is 0 Å². The first kappa shape index (κ1) is 19.0. The molecule has 2 aromatic carbocycles. The Labute approximate surface area is 170 Å². The van der Waals surface area contributed by atoms with Gasteiger partial charge in [-0.25, -0.2) is 9.78 Å². The van der Waals surface area contributed by atoms with Crippen molar-refractivity contribution in [1.82, 2.24) is 4.98 Å². The van der Waals surface area contributed by atoms with Crippen molar-refractivity contribution < 1.29 is 19.4 Å². The lowest BCUT2D eigenvalue weighted by Crippen LogP contribution is -2.16. The van der Waals surface area contributed by atoms with Gasteiger partial charge in [0, 0.05) is 25.8 Å². The summed E-state index contributed by atoms with van der Waals surface area (Å²) < 4.78 is 5.72. The number of aromatic carboxylic acids is 1. The second kappa shape index (κ2) is 6.90. The summed E-state index contributed by atoms with van der Waals surface area (Å²) in [5, 5.41) is 29.4. The van der Waals surface area contributed by atoms with E-state index in [1.807, 2.05) is 25.1 Å². The smallest absolute Gasteiger partial charge is 0.338 e. The van der Waals surface area contributed by atoms with E-state index >= 15 is 0 Å². The SMILES string of the molecule is CN(C)c1ccc2nc3c(C(=O)O)c(-c4ccc(C#N)cc4)c(=O)c(O)c-3oc2c1. The number of aromatic nitrogens is 1. The average Bonchev–Trinajstić information content (AvgIpc) is 2.74. The fourth-order valence-corrected chi connectivity index (χ4v) is 3.26. The molecule has 2 aliphatic rings. The monoisotopic (exact) mass is 401 g/mol. The number of carboxylic acids is 1. The minimum Gasteiger partial charge on any atom is -0.501 e. The third-order valence-corrected chi connectivity index (χ3v) is 4.78. The van der Waals surface area contributed by atoms with E-state index in [-0.39, 0.29) is 28.1 Å². The summed E-state index contributed by atoms with van der Waals surface area (Å²) >= 11 is 0. The number of carboxylic acid groups (broad SMARTS) is 1. The van der Waals surface area contributed by atoms with Crippen molar-refractivity contribution in [1.29, 1.82) is 5.26 Å². The van der Waals surface area contributed by atoms with Gasteiger partial charge in [0.05, 0.1) is 17.2 Å². The zero-order valence-electron chi connectivity index (χ0n) is 16.0. The van der Waals surface area contributed by atoms with E-state index in [0.29, 0.717) is 16.7 Å². The van der Waals surface area contributed by atoms with Crippen LogP contribution in [-0.4, -0.2) is 35.3 Å². The number of phenolic OH excluding ortho intramolecular Hbond substituents is 1. The molecule has 8 heteroatoms. The number of fused-ring (bicyclic) bond motifs is 2. The molecule has 4 rings (SSSR count). The first-order valence-electron chi connectivity index (χ1n) is 8.86. The van der Waals surface area contributed by atoms with Crippen LogP contribution in [-0.2, 0) is 0 Å². The van der Waals surface area contributed by atoms with Crippen LogP contribution in [0.25, 0.3) is 33.7 Å². The standard InChI is InChI=1S/C22H15N3O5/c1-25(2)13-7-8-14-15(9-13)30-21-18(24-14)17(22(28)29)16(19(26)20(21)27)12-5-3-11(10-23)4-6-12/h3-9,27H,1-2H3,(H,28,29). The van der Waals surface area contributed by atoms with E-state index in [1.165, 1.54) is 24.3 Å². The van der Waals surface area contributed by atoms with Crippen LogP contribution < -0.4 is 10.3 Å². The molecule has 2 aromatic rings. The van der Waals surface area contributed by atoms with Gasteiger partial charge >= 0.3 is 5.97 Å². The summed E-state index contributed by atoms with van der Waals surface area (Å²) in [6, 6.07) is 12.9. The number of nitrogens with zero attached hydrogens (tertiary/aromatic N) is 3. The maximum absolute atomic E-state index is 12.9. The van der Waals surface area contributed by atoms with Gasteiger partial charge in [0.1, 0.15) is 16.8 Å². The molecule has 0 spiro atoms. The van der Waals surface area contributed by atoms with Crippen molar-refractivity contribution in [2.45, 2.75) is 0 Å². The summed E-state index contributed by atoms with van der Waals surface area (Å²) in [5.41, 5.74) is 0.459. The molecule has 0 atom stereocenters. The van der Waals surface area contributed by atoms with Gasteiger partial charge in [0.25, 0.3) is 0 Å². The number of aromatic hydroxyl groups is 1. The maximum atomic E-state index is 12.9. The predicted molar refractivity (Wildman–Crippen MR) is 110 cm³/mol. The minimum atomic E-state index is -1.39. The van der Waals surface area contributed by atoms with Crippen molar-refractivity contribution in [3.63, 3.8) is 0 Å². The first-order valence-corrected chi connectivity index (χ1v) is 8.86. The molecular formula is C22H15N3O5. The highest BCUT2D eigenvalue weighted by atomic mass is 16.4. The lowest BCUT2D eigenvalue weighted by molar-refractivity contribution is 0.0698. The topological polar surface area (TPSA) is 128 Å². The summed E-state index contributed by atoms with van der Waals surface area (Å²) in [7, 11) is 3.69. The van der Waals surface area contributed by atoms with Crippen molar-refractivity contribution >= 4 is 22.8 Å². The molecule has 0 saturated heterocycles. The molecule has 148 valence electrons. The van der Waals surface area contributed by atoms with Crippen LogP contribution in [0.4, 0.5) is 5.69 Å². The molecule has 1 aliphatic carbocycles. The van der Waals surface area contributed by atoms with E-state index in [4.69, 9.17) is 9.68 Å². The number of benzene rings is 3. The van der Waals surface area contributed by atoms with Gasteiger partial charge in [-0.2, -0.15) is 5.26 Å². The molecular weight excluding hydrogens is 386 g/mol. The average molecular weight is 401 g/mol. The molecule has 0 bridgehead atoms. The fourth-order valence-electron chi connectivity index (χ4n) is 3.26. The van der Waals surface area contributed by atoms with E-state index in [9.17, 15) is 19.8 Å². The predicted octanol–water partition coefficient (Wildman–Crippen LogP) is 3.30. The number of hydrogen-bond donors (Lipinski definition) is 2. The molecule has 0 saturated carbocycles. The lowest BCUT2D eigenvalue weighted by Gasteiger charge is -2.16. The number of anilines is 1. The molecule has 30 heavy (non-hydrogen) atoms. The van der Waals surface area contributed by atoms with E-state index in [2.05, 4.69) is 4.98 Å². The van der Waals surface area contributed by atoms with Crippen LogP contribution in [0.1, 0.15) is 15.9 Å². The second-order valence-electron chi connectivity index (χ2n) is 6.86. The van der Waals surface area contributed by atoms with E-state index in [1.54, 1.807) is 18.2 Å². The Balaban J connectivity index is 2.11. The Morgan fingerprint density at radius 3 is 2.47 bits per heavy atom. The van der Waals surface area contributed by atoms with Gasteiger partial charge in [-0.1, -0.05) is 12.1 Å². The number of hydrogen-bond acceptors (Lipinski definition) is 7. The van der Waals surface area contributed by atoms with Crippen LogP contribution in [0.15, 0.2) is 51.7 Å². The highest BCUT2D eigenvalue weighted by Gasteiger charge is 2.30. The zero-order valence-corrected chi connectivity index (χ0v) is 16.0.